The molecule has 2 rings (SSSR count). The molecule has 1 aromatic carbocycles. The smallest absolute Gasteiger partial charge is 0.0294 e. The molecule has 0 spiro atoms. The summed E-state index contributed by atoms with van der Waals surface area (Å²) in [5.41, 5.74) is 2.83. The maximum atomic E-state index is 3.78. The fraction of sp³-hybridized carbons (Fsp3) is 0.647. The van der Waals surface area contributed by atoms with Crippen molar-refractivity contribution >= 4 is 11.8 Å². The summed E-state index contributed by atoms with van der Waals surface area (Å²) < 4.78 is 0.481. The monoisotopic (exact) mass is 277 g/mol. The summed E-state index contributed by atoms with van der Waals surface area (Å²) in [4.78, 5) is 0. The summed E-state index contributed by atoms with van der Waals surface area (Å²) in [6.07, 6.45) is 9.27. The molecule has 1 nitrogen and oxygen atoms in total. The standard InChI is InChI=1S/C17H27NS/c1-14-9-5-6-10-16(14)15(2)18-13-17(19-3)11-7-4-8-12-17/h5-6,9-10,15,18H,4,7-8,11-13H2,1-3H3. The molecule has 106 valence electrons. The van der Waals surface area contributed by atoms with Crippen molar-refractivity contribution in [2.45, 2.75) is 56.7 Å². The zero-order valence-electron chi connectivity index (χ0n) is 12.5. The molecule has 1 aliphatic carbocycles. The van der Waals surface area contributed by atoms with Crippen molar-refractivity contribution in [2.24, 2.45) is 0 Å². The Kier molecular flexibility index (Phi) is 5.35. The summed E-state index contributed by atoms with van der Waals surface area (Å²) >= 11 is 2.07. The van der Waals surface area contributed by atoms with Gasteiger partial charge in [0, 0.05) is 17.3 Å². The zero-order chi connectivity index (χ0) is 13.7. The van der Waals surface area contributed by atoms with E-state index in [2.05, 4.69) is 61.4 Å². The third-order valence-corrected chi connectivity index (χ3v) is 6.00. The van der Waals surface area contributed by atoms with E-state index in [4.69, 9.17) is 0 Å². The molecule has 1 unspecified atom stereocenters. The van der Waals surface area contributed by atoms with Crippen LogP contribution in [0.15, 0.2) is 24.3 Å². The predicted octanol–water partition coefficient (Wildman–Crippen LogP) is 4.71. The second kappa shape index (κ2) is 6.81. The van der Waals surface area contributed by atoms with E-state index in [-0.39, 0.29) is 0 Å². The number of benzene rings is 1. The molecule has 1 aliphatic rings. The van der Waals surface area contributed by atoms with E-state index in [0.29, 0.717) is 10.8 Å². The van der Waals surface area contributed by atoms with Crippen molar-refractivity contribution in [3.05, 3.63) is 35.4 Å². The molecule has 1 N–H and O–H groups in total. The van der Waals surface area contributed by atoms with Gasteiger partial charge >= 0.3 is 0 Å². The van der Waals surface area contributed by atoms with Crippen LogP contribution in [0, 0.1) is 6.92 Å². The van der Waals surface area contributed by atoms with Crippen LogP contribution >= 0.6 is 11.8 Å². The van der Waals surface area contributed by atoms with E-state index in [1.54, 1.807) is 0 Å². The molecule has 0 aromatic heterocycles. The van der Waals surface area contributed by atoms with Gasteiger partial charge in [-0.15, -0.1) is 0 Å². The Bertz CT molecular complexity index is 396. The van der Waals surface area contributed by atoms with Gasteiger partial charge in [0.15, 0.2) is 0 Å². The maximum absolute atomic E-state index is 3.78. The second-order valence-electron chi connectivity index (χ2n) is 5.91. The number of hydrogen-bond donors (Lipinski definition) is 1. The Morgan fingerprint density at radius 2 is 1.89 bits per heavy atom. The number of aryl methyl sites for hydroxylation is 1. The van der Waals surface area contributed by atoms with E-state index in [1.165, 1.54) is 43.2 Å². The van der Waals surface area contributed by atoms with Crippen LogP contribution in [0.25, 0.3) is 0 Å². The average Bonchev–Trinajstić information content (AvgIpc) is 2.46. The van der Waals surface area contributed by atoms with Crippen LogP contribution in [0.1, 0.15) is 56.2 Å². The minimum atomic E-state index is 0.451. The normalized spacial score (nSPS) is 20.2. The summed E-state index contributed by atoms with van der Waals surface area (Å²) in [6.45, 7) is 5.64. The Morgan fingerprint density at radius 3 is 2.53 bits per heavy atom. The lowest BCUT2D eigenvalue weighted by atomic mass is 9.88. The minimum Gasteiger partial charge on any atom is -0.309 e. The van der Waals surface area contributed by atoms with Crippen LogP contribution in [0.2, 0.25) is 0 Å². The van der Waals surface area contributed by atoms with Crippen molar-refractivity contribution < 1.29 is 0 Å². The van der Waals surface area contributed by atoms with Gasteiger partial charge < -0.3 is 5.32 Å². The largest absolute Gasteiger partial charge is 0.309 e. The molecule has 2 heteroatoms. The topological polar surface area (TPSA) is 12.0 Å². The van der Waals surface area contributed by atoms with Crippen molar-refractivity contribution in [2.75, 3.05) is 12.8 Å². The Hall–Kier alpha value is -0.470. The van der Waals surface area contributed by atoms with Crippen LogP contribution in [0.4, 0.5) is 0 Å². The van der Waals surface area contributed by atoms with Gasteiger partial charge in [0.05, 0.1) is 0 Å². The molecule has 0 radical (unpaired) electrons. The zero-order valence-corrected chi connectivity index (χ0v) is 13.4. The van der Waals surface area contributed by atoms with Crippen molar-refractivity contribution in [3.63, 3.8) is 0 Å². The van der Waals surface area contributed by atoms with Crippen LogP contribution in [0.3, 0.4) is 0 Å². The molecule has 19 heavy (non-hydrogen) atoms. The SMILES string of the molecule is CSC1(CNC(C)c2ccccc2C)CCCCC1. The minimum absolute atomic E-state index is 0.451. The Morgan fingerprint density at radius 1 is 1.21 bits per heavy atom. The van der Waals surface area contributed by atoms with Crippen LogP contribution in [-0.4, -0.2) is 17.5 Å². The molecular weight excluding hydrogens is 250 g/mol. The van der Waals surface area contributed by atoms with Gasteiger partial charge in [0.2, 0.25) is 0 Å². The molecule has 1 saturated carbocycles. The highest BCUT2D eigenvalue weighted by Gasteiger charge is 2.31. The first-order valence-corrected chi connectivity index (χ1v) is 8.73. The summed E-state index contributed by atoms with van der Waals surface area (Å²) in [5, 5.41) is 3.78. The quantitative estimate of drug-likeness (QED) is 0.836. The number of hydrogen-bond acceptors (Lipinski definition) is 2. The highest BCUT2D eigenvalue weighted by atomic mass is 32.2. The predicted molar refractivity (Wildman–Crippen MR) is 86.9 cm³/mol. The lowest BCUT2D eigenvalue weighted by molar-refractivity contribution is 0.367. The van der Waals surface area contributed by atoms with Gasteiger partial charge in [0.25, 0.3) is 0 Å². The van der Waals surface area contributed by atoms with Crippen molar-refractivity contribution in [1.29, 1.82) is 0 Å². The molecule has 0 bridgehead atoms. The first kappa shape index (κ1) is 14.9. The Balaban J connectivity index is 1.95. The van der Waals surface area contributed by atoms with Crippen LogP contribution in [0.5, 0.6) is 0 Å². The van der Waals surface area contributed by atoms with E-state index in [0.717, 1.165) is 6.54 Å². The van der Waals surface area contributed by atoms with Crippen molar-refractivity contribution in [1.82, 2.24) is 5.32 Å². The second-order valence-corrected chi connectivity index (χ2v) is 7.18. The van der Waals surface area contributed by atoms with Crippen LogP contribution < -0.4 is 5.32 Å². The molecule has 1 atom stereocenters. The van der Waals surface area contributed by atoms with Crippen molar-refractivity contribution in [3.8, 4) is 0 Å². The highest BCUT2D eigenvalue weighted by molar-refractivity contribution is 8.00. The molecule has 0 heterocycles. The lowest BCUT2D eigenvalue weighted by Gasteiger charge is -2.37. The fourth-order valence-corrected chi connectivity index (χ4v) is 4.10. The third kappa shape index (κ3) is 3.76. The maximum Gasteiger partial charge on any atom is 0.0294 e. The first-order chi connectivity index (χ1) is 9.17. The van der Waals surface area contributed by atoms with Gasteiger partial charge in [-0.1, -0.05) is 43.5 Å². The fourth-order valence-electron chi connectivity index (χ4n) is 3.17. The molecule has 0 saturated heterocycles. The molecule has 0 amide bonds. The van der Waals surface area contributed by atoms with Gasteiger partial charge in [-0.2, -0.15) is 11.8 Å². The summed E-state index contributed by atoms with van der Waals surface area (Å²) in [5.74, 6) is 0. The van der Waals surface area contributed by atoms with E-state index < -0.39 is 0 Å². The number of nitrogens with one attached hydrogen (secondary N) is 1. The molecule has 0 aliphatic heterocycles. The molecular formula is C17H27NS. The van der Waals surface area contributed by atoms with Crippen LogP contribution in [-0.2, 0) is 0 Å². The Labute approximate surface area is 122 Å². The van der Waals surface area contributed by atoms with E-state index in [9.17, 15) is 0 Å². The molecule has 1 aromatic rings. The first-order valence-electron chi connectivity index (χ1n) is 7.51. The third-order valence-electron chi connectivity index (χ3n) is 4.58. The lowest BCUT2D eigenvalue weighted by Crippen LogP contribution is -2.40. The van der Waals surface area contributed by atoms with Gasteiger partial charge in [-0.25, -0.2) is 0 Å². The summed E-state index contributed by atoms with van der Waals surface area (Å²) in [6, 6.07) is 9.17. The van der Waals surface area contributed by atoms with E-state index >= 15 is 0 Å². The van der Waals surface area contributed by atoms with Gasteiger partial charge in [0.1, 0.15) is 0 Å². The molecule has 1 fully saturated rings. The van der Waals surface area contributed by atoms with Gasteiger partial charge in [-0.3, -0.25) is 0 Å². The summed E-state index contributed by atoms with van der Waals surface area (Å²) in [7, 11) is 0. The highest BCUT2D eigenvalue weighted by Crippen LogP contribution is 2.38. The average molecular weight is 277 g/mol. The number of rotatable bonds is 5. The van der Waals surface area contributed by atoms with Gasteiger partial charge in [-0.05, 0) is 44.1 Å². The van der Waals surface area contributed by atoms with E-state index in [1.807, 2.05) is 0 Å². The number of thioether (sulfide) groups is 1.